The van der Waals surface area contributed by atoms with Crippen LogP contribution < -0.4 is 10.9 Å². The molecule has 0 radical (unpaired) electrons. The van der Waals surface area contributed by atoms with Crippen molar-refractivity contribution in [1.29, 1.82) is 0 Å². The average Bonchev–Trinajstić information content (AvgIpc) is 2.77. The molecule has 0 saturated heterocycles. The van der Waals surface area contributed by atoms with Gasteiger partial charge in [-0.1, -0.05) is 60.3 Å². The average molecular weight is 444 g/mol. The topological polar surface area (TPSA) is 64.0 Å². The summed E-state index contributed by atoms with van der Waals surface area (Å²) >= 11 is 1.27. The van der Waals surface area contributed by atoms with Crippen molar-refractivity contribution in [1.82, 2.24) is 14.9 Å². The summed E-state index contributed by atoms with van der Waals surface area (Å²) in [5, 5.41) is 4.08. The Morgan fingerprint density at radius 1 is 1.00 bits per heavy atom. The first-order chi connectivity index (χ1) is 15.4. The van der Waals surface area contributed by atoms with Crippen LogP contribution in [0.2, 0.25) is 0 Å². The number of thioether (sulfide) groups is 1. The van der Waals surface area contributed by atoms with Gasteiger partial charge in [0.05, 0.1) is 28.4 Å². The van der Waals surface area contributed by atoms with Crippen LogP contribution in [-0.2, 0) is 4.79 Å². The van der Waals surface area contributed by atoms with Gasteiger partial charge in [0.2, 0.25) is 5.91 Å². The summed E-state index contributed by atoms with van der Waals surface area (Å²) in [6.07, 6.45) is 0. The highest BCUT2D eigenvalue weighted by Crippen LogP contribution is 2.23. The monoisotopic (exact) mass is 443 g/mol. The molecule has 0 spiro atoms. The third-order valence-corrected chi connectivity index (χ3v) is 6.16. The standard InChI is InChI=1S/C26H25N3O2S/c1-17-13-18(2)15-21(14-17)29-25(31)22-11-7-8-12-23(22)28-26(29)32-16-24(30)27-19(3)20-9-5-4-6-10-20/h4-15,19H,16H2,1-3H3,(H,27,30). The third-order valence-electron chi connectivity index (χ3n) is 5.22. The fraction of sp³-hybridized carbons (Fsp3) is 0.192. The van der Waals surface area contributed by atoms with E-state index < -0.39 is 0 Å². The van der Waals surface area contributed by atoms with Gasteiger partial charge in [-0.05, 0) is 61.7 Å². The summed E-state index contributed by atoms with van der Waals surface area (Å²) in [6, 6.07) is 23.0. The lowest BCUT2D eigenvalue weighted by Gasteiger charge is -2.16. The Morgan fingerprint density at radius 2 is 1.66 bits per heavy atom. The van der Waals surface area contributed by atoms with Gasteiger partial charge in [0, 0.05) is 0 Å². The second-order valence-corrected chi connectivity index (χ2v) is 8.83. The summed E-state index contributed by atoms with van der Waals surface area (Å²) in [5.41, 5.74) is 4.41. The van der Waals surface area contributed by atoms with Gasteiger partial charge < -0.3 is 5.32 Å². The number of hydrogen-bond acceptors (Lipinski definition) is 4. The van der Waals surface area contributed by atoms with Crippen LogP contribution in [0.15, 0.2) is 82.7 Å². The minimum absolute atomic E-state index is 0.101. The lowest BCUT2D eigenvalue weighted by Crippen LogP contribution is -2.29. The van der Waals surface area contributed by atoms with Crippen LogP contribution in [0, 0.1) is 13.8 Å². The zero-order chi connectivity index (χ0) is 22.7. The molecule has 1 aromatic heterocycles. The van der Waals surface area contributed by atoms with Gasteiger partial charge in [0.25, 0.3) is 5.56 Å². The van der Waals surface area contributed by atoms with Crippen molar-refractivity contribution in [2.24, 2.45) is 0 Å². The number of nitrogens with one attached hydrogen (secondary N) is 1. The van der Waals surface area contributed by atoms with Crippen LogP contribution in [0.3, 0.4) is 0 Å². The summed E-state index contributed by atoms with van der Waals surface area (Å²) in [7, 11) is 0. The zero-order valence-corrected chi connectivity index (χ0v) is 19.1. The first-order valence-electron chi connectivity index (χ1n) is 10.5. The molecule has 1 amide bonds. The maximum atomic E-state index is 13.4. The molecule has 4 rings (SSSR count). The van der Waals surface area contributed by atoms with Crippen LogP contribution in [-0.4, -0.2) is 21.2 Å². The third kappa shape index (κ3) is 4.75. The van der Waals surface area contributed by atoms with Gasteiger partial charge in [-0.15, -0.1) is 0 Å². The Balaban J connectivity index is 1.65. The molecule has 0 fully saturated rings. The summed E-state index contributed by atoms with van der Waals surface area (Å²) in [4.78, 5) is 30.8. The highest BCUT2D eigenvalue weighted by molar-refractivity contribution is 7.99. The molecule has 1 N–H and O–H groups in total. The molecule has 32 heavy (non-hydrogen) atoms. The largest absolute Gasteiger partial charge is 0.349 e. The fourth-order valence-corrected chi connectivity index (χ4v) is 4.58. The van der Waals surface area contributed by atoms with E-state index in [2.05, 4.69) is 11.4 Å². The number of aromatic nitrogens is 2. The van der Waals surface area contributed by atoms with Crippen molar-refractivity contribution in [3.63, 3.8) is 0 Å². The number of benzene rings is 3. The lowest BCUT2D eigenvalue weighted by atomic mass is 10.1. The number of rotatable bonds is 6. The second kappa shape index (κ2) is 9.40. The molecule has 0 aliphatic carbocycles. The molecule has 1 heterocycles. The highest BCUT2D eigenvalue weighted by Gasteiger charge is 2.16. The minimum Gasteiger partial charge on any atom is -0.349 e. The van der Waals surface area contributed by atoms with Gasteiger partial charge in [-0.25, -0.2) is 4.98 Å². The number of fused-ring (bicyclic) bond motifs is 1. The Hall–Kier alpha value is -3.38. The zero-order valence-electron chi connectivity index (χ0n) is 18.3. The van der Waals surface area contributed by atoms with E-state index in [9.17, 15) is 9.59 Å². The number of carbonyl (C=O) groups excluding carboxylic acids is 1. The second-order valence-electron chi connectivity index (χ2n) is 7.89. The maximum absolute atomic E-state index is 13.4. The summed E-state index contributed by atoms with van der Waals surface area (Å²) in [6.45, 7) is 5.96. The van der Waals surface area contributed by atoms with Crippen molar-refractivity contribution in [3.05, 3.63) is 99.8 Å². The Morgan fingerprint density at radius 3 is 2.38 bits per heavy atom. The minimum atomic E-state index is -0.138. The number of amides is 1. The van der Waals surface area contributed by atoms with E-state index in [-0.39, 0.29) is 23.3 Å². The van der Waals surface area contributed by atoms with Gasteiger partial charge in [-0.3, -0.25) is 14.2 Å². The van der Waals surface area contributed by atoms with Crippen LogP contribution >= 0.6 is 11.8 Å². The molecule has 162 valence electrons. The first-order valence-corrected chi connectivity index (χ1v) is 11.5. The van der Waals surface area contributed by atoms with E-state index in [4.69, 9.17) is 4.98 Å². The predicted octanol–water partition coefficient (Wildman–Crippen LogP) is 4.97. The van der Waals surface area contributed by atoms with Gasteiger partial charge in [0.15, 0.2) is 5.16 Å². The lowest BCUT2D eigenvalue weighted by molar-refractivity contribution is -0.119. The fourth-order valence-electron chi connectivity index (χ4n) is 3.75. The van der Waals surface area contributed by atoms with Crippen molar-refractivity contribution in [3.8, 4) is 5.69 Å². The van der Waals surface area contributed by atoms with Crippen LogP contribution in [0.25, 0.3) is 16.6 Å². The summed E-state index contributed by atoms with van der Waals surface area (Å²) < 4.78 is 1.61. The van der Waals surface area contributed by atoms with E-state index in [1.165, 1.54) is 11.8 Å². The van der Waals surface area contributed by atoms with Crippen molar-refractivity contribution in [2.45, 2.75) is 32.0 Å². The van der Waals surface area contributed by atoms with E-state index in [1.54, 1.807) is 10.6 Å². The summed E-state index contributed by atoms with van der Waals surface area (Å²) in [5.74, 6) is 0.0490. The Bertz CT molecular complexity index is 1310. The maximum Gasteiger partial charge on any atom is 0.266 e. The number of nitrogens with zero attached hydrogens (tertiary/aromatic N) is 2. The predicted molar refractivity (Wildman–Crippen MR) is 131 cm³/mol. The molecule has 0 bridgehead atoms. The molecule has 5 nitrogen and oxygen atoms in total. The van der Waals surface area contributed by atoms with Crippen LogP contribution in [0.4, 0.5) is 0 Å². The molecule has 1 atom stereocenters. The molecule has 1 unspecified atom stereocenters. The van der Waals surface area contributed by atoms with Crippen LogP contribution in [0.1, 0.15) is 29.7 Å². The number of aryl methyl sites for hydroxylation is 2. The van der Waals surface area contributed by atoms with Crippen molar-refractivity contribution >= 4 is 28.6 Å². The van der Waals surface area contributed by atoms with E-state index in [1.807, 2.05) is 81.4 Å². The SMILES string of the molecule is Cc1cc(C)cc(-n2c(SCC(=O)NC(C)c3ccccc3)nc3ccccc3c2=O)c1. The van der Waals surface area contributed by atoms with Gasteiger partial charge >= 0.3 is 0 Å². The molecule has 0 saturated carbocycles. The first kappa shape index (κ1) is 21.8. The molecule has 0 aliphatic rings. The Labute approximate surface area is 191 Å². The quantitative estimate of drug-likeness (QED) is 0.337. The molecule has 0 aliphatic heterocycles. The number of para-hydroxylation sites is 1. The van der Waals surface area contributed by atoms with Crippen molar-refractivity contribution in [2.75, 3.05) is 5.75 Å². The normalized spacial score (nSPS) is 12.0. The number of carbonyl (C=O) groups is 1. The van der Waals surface area contributed by atoms with Gasteiger partial charge in [-0.2, -0.15) is 0 Å². The van der Waals surface area contributed by atoms with E-state index in [0.717, 1.165) is 22.4 Å². The van der Waals surface area contributed by atoms with Crippen molar-refractivity contribution < 1.29 is 4.79 Å². The highest BCUT2D eigenvalue weighted by atomic mass is 32.2. The molecule has 6 heteroatoms. The molecular formula is C26H25N3O2S. The molecule has 4 aromatic rings. The molecular weight excluding hydrogens is 418 g/mol. The molecule has 3 aromatic carbocycles. The number of hydrogen-bond donors (Lipinski definition) is 1. The Kier molecular flexibility index (Phi) is 6.42. The van der Waals surface area contributed by atoms with Gasteiger partial charge in [0.1, 0.15) is 0 Å². The van der Waals surface area contributed by atoms with E-state index in [0.29, 0.717) is 16.1 Å². The van der Waals surface area contributed by atoms with E-state index >= 15 is 0 Å². The van der Waals surface area contributed by atoms with Crippen LogP contribution in [0.5, 0.6) is 0 Å². The smallest absolute Gasteiger partial charge is 0.266 e.